The van der Waals surface area contributed by atoms with Crippen molar-refractivity contribution in [2.75, 3.05) is 18.5 Å². The number of amides is 1. The van der Waals surface area contributed by atoms with Crippen LogP contribution >= 0.6 is 0 Å². The molecular formula is C24H27N7O5. The molecule has 1 aromatic carbocycles. The van der Waals surface area contributed by atoms with Crippen molar-refractivity contribution in [2.24, 2.45) is 12.2 Å². The molecule has 1 amide bonds. The summed E-state index contributed by atoms with van der Waals surface area (Å²) < 4.78 is 18.5. The molecule has 1 aliphatic heterocycles. The molecule has 188 valence electrons. The summed E-state index contributed by atoms with van der Waals surface area (Å²) >= 11 is 0. The summed E-state index contributed by atoms with van der Waals surface area (Å²) in [6.07, 6.45) is 2.08. The Hall–Kier alpha value is -3.90. The van der Waals surface area contributed by atoms with Gasteiger partial charge >= 0.3 is 6.09 Å². The average molecular weight is 494 g/mol. The fraction of sp³-hybridized carbons (Fsp3) is 0.417. The Bertz CT molecular complexity index is 1200. The molecule has 0 radical (unpaired) electrons. The van der Waals surface area contributed by atoms with Crippen LogP contribution < -0.4 is 5.32 Å². The largest absolute Gasteiger partial charge is 0.446 e. The number of aryl methyl sites for hydroxylation is 1. The van der Waals surface area contributed by atoms with Crippen molar-refractivity contribution >= 4 is 17.6 Å². The molecule has 2 aliphatic rings. The Balaban J connectivity index is 1.17. The standard InChI is InChI=1S/C24H27N7O5/c1-31-22(27-29-30-31)21(17-6-3-2-4-7-17)28-35-16-18-8-5-9-20(25-18)26-23(32)36-19-10-12-24(13-11-19)33-14-15-34-24/h2-9,19H,10-16H2,1H3,(H,25,26,32). The van der Waals surface area contributed by atoms with Crippen LogP contribution in [0.2, 0.25) is 0 Å². The highest BCUT2D eigenvalue weighted by molar-refractivity contribution is 6.10. The first-order valence-electron chi connectivity index (χ1n) is 11.8. The molecule has 1 spiro atoms. The Morgan fingerprint density at radius 3 is 2.64 bits per heavy atom. The normalized spacial score (nSPS) is 17.8. The van der Waals surface area contributed by atoms with E-state index in [1.165, 1.54) is 4.68 Å². The smallest absolute Gasteiger partial charge is 0.413 e. The van der Waals surface area contributed by atoms with Gasteiger partial charge < -0.3 is 19.0 Å². The van der Waals surface area contributed by atoms with Gasteiger partial charge in [0.2, 0.25) is 5.82 Å². The van der Waals surface area contributed by atoms with E-state index >= 15 is 0 Å². The Kier molecular flexibility index (Phi) is 7.14. The Morgan fingerprint density at radius 1 is 1.14 bits per heavy atom. The van der Waals surface area contributed by atoms with Crippen molar-refractivity contribution in [2.45, 2.75) is 44.2 Å². The molecular weight excluding hydrogens is 466 g/mol. The summed E-state index contributed by atoms with van der Waals surface area (Å²) in [6.45, 7) is 1.32. The minimum atomic E-state index is -0.547. The summed E-state index contributed by atoms with van der Waals surface area (Å²) in [4.78, 5) is 22.4. The summed E-state index contributed by atoms with van der Waals surface area (Å²) in [5.41, 5.74) is 1.88. The average Bonchev–Trinajstić information content (AvgIpc) is 3.53. The fourth-order valence-corrected chi connectivity index (χ4v) is 4.26. The lowest BCUT2D eigenvalue weighted by Crippen LogP contribution is -2.38. The lowest BCUT2D eigenvalue weighted by atomic mass is 9.92. The second-order valence-electron chi connectivity index (χ2n) is 8.56. The predicted octanol–water partition coefficient (Wildman–Crippen LogP) is 2.81. The molecule has 0 bridgehead atoms. The number of tetrazole rings is 1. The quantitative estimate of drug-likeness (QED) is 0.389. The zero-order valence-electron chi connectivity index (χ0n) is 19.9. The first-order chi connectivity index (χ1) is 17.6. The van der Waals surface area contributed by atoms with Crippen LogP contribution in [0.5, 0.6) is 0 Å². The van der Waals surface area contributed by atoms with E-state index in [-0.39, 0.29) is 12.7 Å². The lowest BCUT2D eigenvalue weighted by Gasteiger charge is -2.34. The third kappa shape index (κ3) is 5.66. The number of rotatable bonds is 7. The van der Waals surface area contributed by atoms with Crippen LogP contribution in [0.15, 0.2) is 53.7 Å². The zero-order valence-corrected chi connectivity index (χ0v) is 19.9. The zero-order chi connectivity index (χ0) is 24.8. The van der Waals surface area contributed by atoms with Crippen LogP contribution in [0, 0.1) is 0 Å². The molecule has 1 N–H and O–H groups in total. The molecule has 12 nitrogen and oxygen atoms in total. The molecule has 3 aromatic rings. The van der Waals surface area contributed by atoms with Crippen LogP contribution in [0.4, 0.5) is 10.6 Å². The van der Waals surface area contributed by atoms with E-state index in [1.807, 2.05) is 30.3 Å². The number of pyridine rings is 1. The highest BCUT2D eigenvalue weighted by atomic mass is 16.7. The molecule has 3 heterocycles. The monoisotopic (exact) mass is 493 g/mol. The molecule has 1 saturated heterocycles. The molecule has 5 rings (SSSR count). The van der Waals surface area contributed by atoms with Crippen LogP contribution in [-0.2, 0) is 32.7 Å². The second kappa shape index (κ2) is 10.8. The summed E-state index contributed by atoms with van der Waals surface area (Å²) in [5.74, 6) is 0.339. The van der Waals surface area contributed by atoms with Gasteiger partial charge in [-0.15, -0.1) is 5.10 Å². The predicted molar refractivity (Wildman–Crippen MR) is 127 cm³/mol. The number of anilines is 1. The molecule has 1 aliphatic carbocycles. The minimum absolute atomic E-state index is 0.0802. The van der Waals surface area contributed by atoms with E-state index in [0.29, 0.717) is 61.9 Å². The van der Waals surface area contributed by atoms with Gasteiger partial charge in [0.25, 0.3) is 0 Å². The van der Waals surface area contributed by atoms with Gasteiger partial charge in [-0.2, -0.15) is 0 Å². The van der Waals surface area contributed by atoms with Crippen molar-refractivity contribution in [3.63, 3.8) is 0 Å². The maximum absolute atomic E-state index is 12.4. The molecule has 36 heavy (non-hydrogen) atoms. The number of aromatic nitrogens is 5. The molecule has 2 fully saturated rings. The first-order valence-corrected chi connectivity index (χ1v) is 11.8. The van der Waals surface area contributed by atoms with Crippen molar-refractivity contribution in [3.05, 3.63) is 65.6 Å². The number of hydrogen-bond donors (Lipinski definition) is 1. The highest BCUT2D eigenvalue weighted by Crippen LogP contribution is 2.36. The van der Waals surface area contributed by atoms with Crippen molar-refractivity contribution in [1.29, 1.82) is 0 Å². The maximum atomic E-state index is 12.4. The summed E-state index contributed by atoms with van der Waals surface area (Å²) in [5, 5.41) is 18.5. The van der Waals surface area contributed by atoms with E-state index < -0.39 is 11.9 Å². The number of benzene rings is 1. The Morgan fingerprint density at radius 2 is 1.92 bits per heavy atom. The van der Waals surface area contributed by atoms with Crippen LogP contribution in [0.3, 0.4) is 0 Å². The summed E-state index contributed by atoms with van der Waals surface area (Å²) in [6, 6.07) is 14.7. The van der Waals surface area contributed by atoms with E-state index in [9.17, 15) is 4.79 Å². The maximum Gasteiger partial charge on any atom is 0.413 e. The van der Waals surface area contributed by atoms with Gasteiger partial charge in [0.05, 0.1) is 18.9 Å². The Labute approximate surface area is 207 Å². The number of nitrogens with zero attached hydrogens (tertiary/aromatic N) is 6. The molecule has 1 saturated carbocycles. The van der Waals surface area contributed by atoms with Gasteiger partial charge in [-0.1, -0.05) is 41.6 Å². The van der Waals surface area contributed by atoms with E-state index in [0.717, 1.165) is 5.56 Å². The highest BCUT2D eigenvalue weighted by Gasteiger charge is 2.41. The van der Waals surface area contributed by atoms with Gasteiger partial charge in [-0.05, 0) is 35.4 Å². The molecule has 2 aromatic heterocycles. The van der Waals surface area contributed by atoms with Crippen LogP contribution in [0.25, 0.3) is 0 Å². The van der Waals surface area contributed by atoms with Gasteiger partial charge in [0.15, 0.2) is 18.1 Å². The third-order valence-corrected chi connectivity index (χ3v) is 6.07. The van der Waals surface area contributed by atoms with Crippen LogP contribution in [-0.4, -0.2) is 62.1 Å². The number of ether oxygens (including phenoxy) is 3. The van der Waals surface area contributed by atoms with Gasteiger partial charge in [-0.25, -0.2) is 14.5 Å². The van der Waals surface area contributed by atoms with E-state index in [4.69, 9.17) is 19.0 Å². The number of hydrogen-bond acceptors (Lipinski definition) is 10. The number of nitrogens with one attached hydrogen (secondary N) is 1. The number of oxime groups is 1. The van der Waals surface area contributed by atoms with Gasteiger partial charge in [0.1, 0.15) is 11.9 Å². The second-order valence-corrected chi connectivity index (χ2v) is 8.56. The SMILES string of the molecule is Cn1nnnc1C(=NOCc1cccc(NC(=O)OC2CCC3(CC2)OCCO3)n1)c1ccccc1. The van der Waals surface area contributed by atoms with E-state index in [2.05, 4.69) is 31.0 Å². The van der Waals surface area contributed by atoms with Gasteiger partial charge in [-0.3, -0.25) is 5.32 Å². The van der Waals surface area contributed by atoms with Crippen molar-refractivity contribution in [1.82, 2.24) is 25.2 Å². The molecule has 12 heteroatoms. The van der Waals surface area contributed by atoms with E-state index in [1.54, 1.807) is 25.2 Å². The number of carbonyl (C=O) groups excluding carboxylic acids is 1. The number of carbonyl (C=O) groups is 1. The summed E-state index contributed by atoms with van der Waals surface area (Å²) in [7, 11) is 1.73. The van der Waals surface area contributed by atoms with Crippen molar-refractivity contribution < 1.29 is 23.8 Å². The topological polar surface area (TPSA) is 135 Å². The fourth-order valence-electron chi connectivity index (χ4n) is 4.26. The first kappa shape index (κ1) is 23.8. The minimum Gasteiger partial charge on any atom is -0.446 e. The van der Waals surface area contributed by atoms with Gasteiger partial charge in [0, 0.05) is 25.5 Å². The molecule has 0 unspecified atom stereocenters. The van der Waals surface area contributed by atoms with Crippen molar-refractivity contribution in [3.8, 4) is 0 Å². The lowest BCUT2D eigenvalue weighted by molar-refractivity contribution is -0.187. The third-order valence-electron chi connectivity index (χ3n) is 6.07. The van der Waals surface area contributed by atoms with Crippen LogP contribution in [0.1, 0.15) is 42.8 Å². The molecule has 0 atom stereocenters.